The number of nitrogens with zero attached hydrogens (tertiary/aromatic N) is 1. The number of hydrogen-bond donors (Lipinski definition) is 0. The molecule has 0 saturated carbocycles. The number of aryl methyl sites for hydroxylation is 1. The topological polar surface area (TPSA) is 12.9 Å². The van der Waals surface area contributed by atoms with Crippen molar-refractivity contribution in [3.05, 3.63) is 27.7 Å². The molecule has 0 saturated heterocycles. The highest BCUT2D eigenvalue weighted by Crippen LogP contribution is 2.18. The molecule has 0 aliphatic carbocycles. The quantitative estimate of drug-likeness (QED) is 0.632. The van der Waals surface area contributed by atoms with E-state index >= 15 is 0 Å². The van der Waals surface area contributed by atoms with Crippen molar-refractivity contribution in [3.63, 3.8) is 0 Å². The zero-order valence-electron chi connectivity index (χ0n) is 5.78. The monoisotopic (exact) mass is 203 g/mol. The van der Waals surface area contributed by atoms with Crippen LogP contribution in [0.15, 0.2) is 10.7 Å². The average molecular weight is 204 g/mol. The molecule has 0 aliphatic rings. The summed E-state index contributed by atoms with van der Waals surface area (Å²) in [6.07, 6.45) is 1.60. The van der Waals surface area contributed by atoms with Crippen molar-refractivity contribution < 1.29 is 4.39 Å². The molecule has 0 N–H and O–H groups in total. The molecular weight excluding hydrogens is 197 g/mol. The average Bonchev–Trinajstić information content (AvgIpc) is 1.93. The molecule has 0 aliphatic heterocycles. The van der Waals surface area contributed by atoms with Gasteiger partial charge in [-0.3, -0.25) is 4.98 Å². The van der Waals surface area contributed by atoms with Crippen LogP contribution in [0.2, 0.25) is 0 Å². The highest BCUT2D eigenvalue weighted by molar-refractivity contribution is 9.10. The molecule has 1 rings (SSSR count). The second-order valence-corrected chi connectivity index (χ2v) is 2.98. The second-order valence-electron chi connectivity index (χ2n) is 2.13. The van der Waals surface area contributed by atoms with Crippen molar-refractivity contribution in [1.82, 2.24) is 4.98 Å². The van der Waals surface area contributed by atoms with Crippen LogP contribution < -0.4 is 0 Å². The first-order valence-corrected chi connectivity index (χ1v) is 3.69. The van der Waals surface area contributed by atoms with Gasteiger partial charge in [0.15, 0.2) is 0 Å². The zero-order chi connectivity index (χ0) is 7.72. The molecule has 0 spiro atoms. The van der Waals surface area contributed by atoms with E-state index in [4.69, 9.17) is 0 Å². The van der Waals surface area contributed by atoms with E-state index in [2.05, 4.69) is 20.9 Å². The second kappa shape index (κ2) is 2.66. The minimum atomic E-state index is -0.227. The first kappa shape index (κ1) is 7.66. The lowest BCUT2D eigenvalue weighted by atomic mass is 10.2. The molecule has 1 aromatic heterocycles. The van der Waals surface area contributed by atoms with Crippen LogP contribution in [0.3, 0.4) is 0 Å². The molecule has 1 heterocycles. The van der Waals surface area contributed by atoms with Gasteiger partial charge in [-0.1, -0.05) is 0 Å². The SMILES string of the molecule is Cc1ncc(Br)c(C)c1F. The third-order valence-electron chi connectivity index (χ3n) is 1.38. The Bertz CT molecular complexity index is 233. The Morgan fingerprint density at radius 3 is 2.60 bits per heavy atom. The molecule has 1 aromatic rings. The van der Waals surface area contributed by atoms with Crippen molar-refractivity contribution >= 4 is 15.9 Å². The smallest absolute Gasteiger partial charge is 0.148 e. The molecule has 0 unspecified atom stereocenters. The van der Waals surface area contributed by atoms with Crippen LogP contribution in [0.1, 0.15) is 11.3 Å². The molecule has 1 nitrogen and oxygen atoms in total. The minimum absolute atomic E-state index is 0.227. The predicted molar refractivity (Wildman–Crippen MR) is 41.4 cm³/mol. The summed E-state index contributed by atoms with van der Waals surface area (Å²) < 4.78 is 13.6. The molecule has 0 fully saturated rings. The van der Waals surface area contributed by atoms with Crippen LogP contribution in [0.4, 0.5) is 4.39 Å². The van der Waals surface area contributed by atoms with Crippen LogP contribution >= 0.6 is 15.9 Å². The van der Waals surface area contributed by atoms with Gasteiger partial charge in [-0.2, -0.15) is 0 Å². The van der Waals surface area contributed by atoms with E-state index in [-0.39, 0.29) is 5.82 Å². The van der Waals surface area contributed by atoms with Crippen LogP contribution in [0.25, 0.3) is 0 Å². The number of rotatable bonds is 0. The van der Waals surface area contributed by atoms with Gasteiger partial charge in [-0.25, -0.2) is 4.39 Å². The Balaban J connectivity index is 3.34. The summed E-state index contributed by atoms with van der Waals surface area (Å²) in [5, 5.41) is 0. The number of hydrogen-bond acceptors (Lipinski definition) is 1. The Hall–Kier alpha value is -0.440. The molecule has 0 aromatic carbocycles. The summed E-state index contributed by atoms with van der Waals surface area (Å²) in [6, 6.07) is 0. The summed E-state index contributed by atoms with van der Waals surface area (Å²) in [5.74, 6) is -0.227. The van der Waals surface area contributed by atoms with E-state index in [1.807, 2.05) is 0 Å². The van der Waals surface area contributed by atoms with E-state index in [1.165, 1.54) is 0 Å². The molecule has 10 heavy (non-hydrogen) atoms. The predicted octanol–water partition coefficient (Wildman–Crippen LogP) is 2.60. The fourth-order valence-corrected chi connectivity index (χ4v) is 0.960. The van der Waals surface area contributed by atoms with E-state index in [0.717, 1.165) is 4.47 Å². The maximum atomic E-state index is 12.9. The molecule has 3 heteroatoms. The van der Waals surface area contributed by atoms with Crippen molar-refractivity contribution in [2.45, 2.75) is 13.8 Å². The lowest BCUT2D eigenvalue weighted by Gasteiger charge is -2.00. The molecule has 0 amide bonds. The fourth-order valence-electron chi connectivity index (χ4n) is 0.683. The van der Waals surface area contributed by atoms with Crippen LogP contribution in [0.5, 0.6) is 0 Å². The Kier molecular flexibility index (Phi) is 2.04. The largest absolute Gasteiger partial charge is 0.257 e. The summed E-state index contributed by atoms with van der Waals surface area (Å²) in [6.45, 7) is 3.36. The van der Waals surface area contributed by atoms with Gasteiger partial charge in [0.05, 0.1) is 5.69 Å². The highest BCUT2D eigenvalue weighted by atomic mass is 79.9. The van der Waals surface area contributed by atoms with E-state index in [9.17, 15) is 4.39 Å². The summed E-state index contributed by atoms with van der Waals surface area (Å²) in [5.41, 5.74) is 1.06. The molecule has 0 bridgehead atoms. The maximum Gasteiger partial charge on any atom is 0.148 e. The molecule has 0 atom stereocenters. The third kappa shape index (κ3) is 1.19. The van der Waals surface area contributed by atoms with Crippen LogP contribution in [0, 0.1) is 19.7 Å². The van der Waals surface area contributed by atoms with Gasteiger partial charge in [0.2, 0.25) is 0 Å². The van der Waals surface area contributed by atoms with Crippen molar-refractivity contribution in [1.29, 1.82) is 0 Å². The number of halogens is 2. The Morgan fingerprint density at radius 1 is 1.50 bits per heavy atom. The maximum absolute atomic E-state index is 12.9. The van der Waals surface area contributed by atoms with Gasteiger partial charge in [0, 0.05) is 16.2 Å². The van der Waals surface area contributed by atoms with Gasteiger partial charge in [-0.15, -0.1) is 0 Å². The van der Waals surface area contributed by atoms with Gasteiger partial charge in [-0.05, 0) is 29.8 Å². The number of aromatic nitrogens is 1. The normalized spacial score (nSPS) is 10.0. The van der Waals surface area contributed by atoms with E-state index in [1.54, 1.807) is 20.0 Å². The zero-order valence-corrected chi connectivity index (χ0v) is 7.37. The lowest BCUT2D eigenvalue weighted by molar-refractivity contribution is 0.599. The van der Waals surface area contributed by atoms with Crippen molar-refractivity contribution in [2.75, 3.05) is 0 Å². The molecule has 0 radical (unpaired) electrons. The van der Waals surface area contributed by atoms with Crippen LogP contribution in [-0.2, 0) is 0 Å². The van der Waals surface area contributed by atoms with Crippen LogP contribution in [-0.4, -0.2) is 4.98 Å². The first-order chi connectivity index (χ1) is 4.63. The van der Waals surface area contributed by atoms with Gasteiger partial charge >= 0.3 is 0 Å². The van der Waals surface area contributed by atoms with E-state index in [0.29, 0.717) is 11.3 Å². The summed E-state index contributed by atoms with van der Waals surface area (Å²) >= 11 is 3.18. The third-order valence-corrected chi connectivity index (χ3v) is 2.18. The highest BCUT2D eigenvalue weighted by Gasteiger charge is 2.04. The molecule has 54 valence electrons. The van der Waals surface area contributed by atoms with Gasteiger partial charge in [0.1, 0.15) is 5.82 Å². The fraction of sp³-hybridized carbons (Fsp3) is 0.286. The van der Waals surface area contributed by atoms with E-state index < -0.39 is 0 Å². The molecular formula is C7H7BrFN. The van der Waals surface area contributed by atoms with Gasteiger partial charge in [0.25, 0.3) is 0 Å². The Morgan fingerprint density at radius 2 is 2.10 bits per heavy atom. The van der Waals surface area contributed by atoms with Crippen molar-refractivity contribution in [2.24, 2.45) is 0 Å². The lowest BCUT2D eigenvalue weighted by Crippen LogP contribution is -1.91. The summed E-state index contributed by atoms with van der Waals surface area (Å²) in [7, 11) is 0. The summed E-state index contributed by atoms with van der Waals surface area (Å²) in [4.78, 5) is 3.82. The minimum Gasteiger partial charge on any atom is -0.257 e. The Labute approximate surface area is 67.4 Å². The standard InChI is InChI=1S/C7H7BrFN/c1-4-6(8)3-10-5(2)7(4)9/h3H,1-2H3. The van der Waals surface area contributed by atoms with Crippen molar-refractivity contribution in [3.8, 4) is 0 Å². The van der Waals surface area contributed by atoms with Gasteiger partial charge < -0.3 is 0 Å². The first-order valence-electron chi connectivity index (χ1n) is 2.90. The number of pyridine rings is 1.